The molecule has 4 rings (SSSR count). The van der Waals surface area contributed by atoms with E-state index in [1.165, 1.54) is 0 Å². The average Bonchev–Trinajstić information content (AvgIpc) is 3.44. The average molecular weight is 556 g/mol. The Bertz CT molecular complexity index is 1010. The Balaban J connectivity index is 0.000000505. The molecule has 3 amide bonds. The molecule has 0 spiro atoms. The van der Waals surface area contributed by atoms with Crippen LogP contribution >= 0.6 is 0 Å². The second-order valence-electron chi connectivity index (χ2n) is 8.87. The summed E-state index contributed by atoms with van der Waals surface area (Å²) in [7, 11) is 0. The fourth-order valence-electron chi connectivity index (χ4n) is 4.49. The number of carbonyl (C=O) groups excluding carboxylic acids is 2. The van der Waals surface area contributed by atoms with E-state index in [9.17, 15) is 35.9 Å². The van der Waals surface area contributed by atoms with E-state index in [0.29, 0.717) is 52.3 Å². The molecule has 1 aromatic heterocycles. The molecule has 17 heteroatoms. The minimum atomic E-state index is -5.08. The molecule has 3 aliphatic rings. The lowest BCUT2D eigenvalue weighted by atomic mass is 9.83. The van der Waals surface area contributed by atoms with Gasteiger partial charge in [-0.1, -0.05) is 0 Å². The van der Waals surface area contributed by atoms with Gasteiger partial charge in [0, 0.05) is 51.3 Å². The third-order valence-electron chi connectivity index (χ3n) is 6.34. The molecule has 0 unspecified atom stereocenters. The molecule has 11 nitrogen and oxygen atoms in total. The van der Waals surface area contributed by atoms with Crippen molar-refractivity contribution in [2.75, 3.05) is 50.8 Å². The van der Waals surface area contributed by atoms with Crippen LogP contribution in [0.4, 0.5) is 37.0 Å². The molecule has 3 N–H and O–H groups in total. The molecule has 4 heterocycles. The van der Waals surface area contributed by atoms with E-state index in [-0.39, 0.29) is 42.1 Å². The van der Waals surface area contributed by atoms with Gasteiger partial charge in [-0.25, -0.2) is 19.6 Å². The van der Waals surface area contributed by atoms with Gasteiger partial charge in [0.25, 0.3) is 0 Å². The molecule has 3 aliphatic heterocycles. The van der Waals surface area contributed by atoms with Crippen LogP contribution in [0, 0.1) is 11.8 Å². The van der Waals surface area contributed by atoms with Gasteiger partial charge in [0.05, 0.1) is 19.1 Å². The molecule has 212 valence electrons. The summed E-state index contributed by atoms with van der Waals surface area (Å²) in [5.74, 6) is -2.32. The molecule has 0 saturated carbocycles. The Labute approximate surface area is 212 Å². The fourth-order valence-corrected chi connectivity index (χ4v) is 4.49. The number of hydrogen-bond acceptors (Lipinski definition) is 7. The summed E-state index contributed by atoms with van der Waals surface area (Å²) in [4.78, 5) is 43.5. The van der Waals surface area contributed by atoms with Crippen molar-refractivity contribution in [3.63, 3.8) is 0 Å². The first kappa shape index (κ1) is 29.2. The van der Waals surface area contributed by atoms with Crippen LogP contribution < -0.4 is 15.5 Å². The van der Waals surface area contributed by atoms with Gasteiger partial charge in [0.15, 0.2) is 0 Å². The molecule has 0 bridgehead atoms. The van der Waals surface area contributed by atoms with Crippen molar-refractivity contribution in [1.29, 1.82) is 0 Å². The number of urea groups is 1. The molecule has 3 saturated heterocycles. The molecular formula is C21H26F6N6O5. The SMILES string of the molecule is O=C(C[C@@H]1OC[C@H]2CN(c3cc(C(F)(F)F)ncn3)CC[C@H]21)NCCN1CCNC1=O.O=C(O)C(F)(F)F. The number of fused-ring (bicyclic) bond motifs is 1. The summed E-state index contributed by atoms with van der Waals surface area (Å²) in [6, 6.07) is 0.857. The Morgan fingerprint density at radius 1 is 1.18 bits per heavy atom. The normalized spacial score (nSPS) is 23.3. The van der Waals surface area contributed by atoms with E-state index in [0.717, 1.165) is 12.4 Å². The van der Waals surface area contributed by atoms with Crippen LogP contribution in [0.2, 0.25) is 0 Å². The third-order valence-corrected chi connectivity index (χ3v) is 6.34. The molecule has 3 atom stereocenters. The Kier molecular flexibility index (Phi) is 9.22. The van der Waals surface area contributed by atoms with E-state index in [2.05, 4.69) is 20.6 Å². The van der Waals surface area contributed by atoms with E-state index in [1.807, 2.05) is 4.90 Å². The van der Waals surface area contributed by atoms with Gasteiger partial charge >= 0.3 is 24.4 Å². The summed E-state index contributed by atoms with van der Waals surface area (Å²) >= 11 is 0. The van der Waals surface area contributed by atoms with Gasteiger partial charge in [0.1, 0.15) is 17.8 Å². The monoisotopic (exact) mass is 556 g/mol. The van der Waals surface area contributed by atoms with Gasteiger partial charge < -0.3 is 30.3 Å². The van der Waals surface area contributed by atoms with Gasteiger partial charge in [-0.2, -0.15) is 26.3 Å². The number of halogens is 6. The number of ether oxygens (including phenoxy) is 1. The maximum Gasteiger partial charge on any atom is 0.490 e. The molecule has 1 aromatic rings. The number of nitrogens with one attached hydrogen (secondary N) is 2. The van der Waals surface area contributed by atoms with Crippen molar-refractivity contribution in [3.05, 3.63) is 18.1 Å². The molecular weight excluding hydrogens is 530 g/mol. The summed E-state index contributed by atoms with van der Waals surface area (Å²) in [5.41, 5.74) is -0.955. The van der Waals surface area contributed by atoms with E-state index in [1.54, 1.807) is 4.90 Å². The standard InChI is InChI=1S/C19H25F3N6O3.C2HF3O2/c20-19(21,22)15-8-16(26-11-25-15)28-4-1-13-12(9-28)10-31-14(13)7-17(29)23-2-5-27-6-3-24-18(27)30;3-2(4,5)1(6)7/h8,11-14H,1-7,9-10H2,(H,23,29)(H,24,30);(H,6,7)/t12-,13-,14+;/m1./s1. The largest absolute Gasteiger partial charge is 0.490 e. The second-order valence-corrected chi connectivity index (χ2v) is 8.87. The first-order chi connectivity index (χ1) is 17.8. The lowest BCUT2D eigenvalue weighted by molar-refractivity contribution is -0.192. The smallest absolute Gasteiger partial charge is 0.475 e. The van der Waals surface area contributed by atoms with Crippen molar-refractivity contribution in [2.24, 2.45) is 11.8 Å². The second kappa shape index (κ2) is 12.0. The van der Waals surface area contributed by atoms with Crippen LogP contribution in [0.5, 0.6) is 0 Å². The number of aliphatic carboxylic acids is 1. The lowest BCUT2D eigenvalue weighted by Crippen LogP contribution is -2.43. The maximum absolute atomic E-state index is 12.9. The zero-order valence-corrected chi connectivity index (χ0v) is 19.9. The molecule has 38 heavy (non-hydrogen) atoms. The fraction of sp³-hybridized carbons (Fsp3) is 0.667. The summed E-state index contributed by atoms with van der Waals surface area (Å²) in [5, 5.41) is 12.7. The third kappa shape index (κ3) is 7.82. The number of amides is 3. The van der Waals surface area contributed by atoms with Crippen molar-refractivity contribution in [1.82, 2.24) is 25.5 Å². The van der Waals surface area contributed by atoms with Gasteiger partial charge in [-0.3, -0.25) is 4.79 Å². The van der Waals surface area contributed by atoms with E-state index in [4.69, 9.17) is 14.6 Å². The van der Waals surface area contributed by atoms with Gasteiger partial charge in [-0.15, -0.1) is 0 Å². The minimum absolute atomic E-state index is 0.117. The van der Waals surface area contributed by atoms with Crippen LogP contribution in [0.15, 0.2) is 12.4 Å². The van der Waals surface area contributed by atoms with Crippen LogP contribution in [0.3, 0.4) is 0 Å². The number of alkyl halides is 6. The number of rotatable bonds is 6. The number of nitrogens with zero attached hydrogens (tertiary/aromatic N) is 4. The highest BCUT2D eigenvalue weighted by atomic mass is 19.4. The predicted molar refractivity (Wildman–Crippen MR) is 117 cm³/mol. The number of aromatic nitrogens is 2. The summed E-state index contributed by atoms with van der Waals surface area (Å²) < 4.78 is 76.4. The highest BCUT2D eigenvalue weighted by molar-refractivity contribution is 5.77. The molecule has 0 aliphatic carbocycles. The number of carboxylic acids is 1. The number of hydrogen-bond donors (Lipinski definition) is 3. The lowest BCUT2D eigenvalue weighted by Gasteiger charge is -2.36. The van der Waals surface area contributed by atoms with Crippen molar-refractivity contribution in [3.8, 4) is 0 Å². The molecule has 0 radical (unpaired) electrons. The predicted octanol–water partition coefficient (Wildman–Crippen LogP) is 1.50. The first-order valence-corrected chi connectivity index (χ1v) is 11.6. The summed E-state index contributed by atoms with van der Waals surface area (Å²) in [6.07, 6.45) is -7.92. The highest BCUT2D eigenvalue weighted by Gasteiger charge is 2.42. The maximum atomic E-state index is 12.9. The molecule has 3 fully saturated rings. The van der Waals surface area contributed by atoms with Gasteiger partial charge in [0.2, 0.25) is 5.91 Å². The van der Waals surface area contributed by atoms with Crippen molar-refractivity contribution >= 4 is 23.7 Å². The minimum Gasteiger partial charge on any atom is -0.475 e. The number of carboxylic acid groups (broad SMARTS) is 1. The number of carbonyl (C=O) groups is 3. The van der Waals surface area contributed by atoms with Gasteiger partial charge in [-0.05, 0) is 12.3 Å². The summed E-state index contributed by atoms with van der Waals surface area (Å²) in [6.45, 7) is 3.64. The molecule has 0 aromatic carbocycles. The van der Waals surface area contributed by atoms with Crippen LogP contribution in [0.25, 0.3) is 0 Å². The van der Waals surface area contributed by atoms with E-state index < -0.39 is 24.0 Å². The zero-order chi connectivity index (χ0) is 28.1. The quantitative estimate of drug-likeness (QED) is 0.449. The van der Waals surface area contributed by atoms with Crippen LogP contribution in [0.1, 0.15) is 18.5 Å². The topological polar surface area (TPSA) is 137 Å². The Hall–Kier alpha value is -3.37. The number of piperidine rings is 1. The van der Waals surface area contributed by atoms with Crippen molar-refractivity contribution < 1.29 is 50.6 Å². The zero-order valence-electron chi connectivity index (χ0n) is 19.9. The number of anilines is 1. The first-order valence-electron chi connectivity index (χ1n) is 11.6. The Morgan fingerprint density at radius 2 is 1.89 bits per heavy atom. The van der Waals surface area contributed by atoms with Crippen LogP contribution in [-0.4, -0.2) is 96.0 Å². The van der Waals surface area contributed by atoms with Crippen molar-refractivity contribution in [2.45, 2.75) is 31.3 Å². The highest BCUT2D eigenvalue weighted by Crippen LogP contribution is 2.37. The van der Waals surface area contributed by atoms with Crippen LogP contribution in [-0.2, 0) is 20.5 Å². The Morgan fingerprint density at radius 3 is 2.50 bits per heavy atom. The van der Waals surface area contributed by atoms with E-state index >= 15 is 0 Å².